The molecule has 0 radical (unpaired) electrons. The molecule has 0 aromatic heterocycles. The van der Waals surface area contributed by atoms with Crippen LogP contribution in [0.2, 0.25) is 0 Å². The van der Waals surface area contributed by atoms with Gasteiger partial charge in [-0.25, -0.2) is 0 Å². The topological polar surface area (TPSA) is 46.5 Å². The molecule has 0 amide bonds. The van der Waals surface area contributed by atoms with E-state index < -0.39 is 5.97 Å². The van der Waals surface area contributed by atoms with Crippen molar-refractivity contribution in [2.75, 3.05) is 18.1 Å². The van der Waals surface area contributed by atoms with E-state index in [9.17, 15) is 4.79 Å². The highest BCUT2D eigenvalue weighted by molar-refractivity contribution is 7.99. The lowest BCUT2D eigenvalue weighted by molar-refractivity contribution is -0.137. The van der Waals surface area contributed by atoms with Crippen LogP contribution in [0.15, 0.2) is 30.3 Å². The van der Waals surface area contributed by atoms with Crippen LogP contribution in [0.1, 0.15) is 44.1 Å². The van der Waals surface area contributed by atoms with Crippen molar-refractivity contribution in [3.8, 4) is 0 Å². The molecule has 1 aliphatic rings. The summed E-state index contributed by atoms with van der Waals surface area (Å²) in [6, 6.07) is 10.4. The molecule has 0 aliphatic carbocycles. The van der Waals surface area contributed by atoms with Crippen LogP contribution in [-0.2, 0) is 16.1 Å². The monoisotopic (exact) mass is 336 g/mol. The molecular weight excluding hydrogens is 308 g/mol. The van der Waals surface area contributed by atoms with Crippen LogP contribution in [0.5, 0.6) is 0 Å². The van der Waals surface area contributed by atoms with Gasteiger partial charge in [0.15, 0.2) is 0 Å². The molecule has 1 aliphatic heterocycles. The SMILES string of the molecule is O=C(O)CCCCCC[C@H]1CSC[C@@H]1COCc1ccccc1. The van der Waals surface area contributed by atoms with Gasteiger partial charge >= 0.3 is 5.97 Å². The van der Waals surface area contributed by atoms with Crippen molar-refractivity contribution in [3.63, 3.8) is 0 Å². The Morgan fingerprint density at radius 3 is 2.61 bits per heavy atom. The molecule has 1 aromatic carbocycles. The van der Waals surface area contributed by atoms with Crippen LogP contribution in [0.4, 0.5) is 0 Å². The summed E-state index contributed by atoms with van der Waals surface area (Å²) in [5, 5.41) is 8.63. The van der Waals surface area contributed by atoms with Crippen molar-refractivity contribution in [3.05, 3.63) is 35.9 Å². The predicted molar refractivity (Wildman–Crippen MR) is 95.7 cm³/mol. The van der Waals surface area contributed by atoms with Gasteiger partial charge in [-0.05, 0) is 41.7 Å². The van der Waals surface area contributed by atoms with E-state index in [0.717, 1.165) is 31.8 Å². The van der Waals surface area contributed by atoms with Crippen LogP contribution in [0, 0.1) is 11.8 Å². The molecule has 4 heteroatoms. The van der Waals surface area contributed by atoms with Crippen molar-refractivity contribution >= 4 is 17.7 Å². The second-order valence-corrected chi connectivity index (χ2v) is 7.48. The lowest BCUT2D eigenvalue weighted by Gasteiger charge is -2.18. The van der Waals surface area contributed by atoms with Gasteiger partial charge < -0.3 is 9.84 Å². The summed E-state index contributed by atoms with van der Waals surface area (Å²) in [4.78, 5) is 10.5. The minimum absolute atomic E-state index is 0.315. The Bertz CT molecular complexity index is 449. The standard InChI is InChI=1S/C19H28O3S/c20-19(21)11-7-2-1-6-10-17-14-23-15-18(17)13-22-12-16-8-4-3-5-9-16/h3-5,8-9,17-18H,1-2,6-7,10-15H2,(H,20,21)/t17-,18-/m0/s1. The maximum atomic E-state index is 10.5. The van der Waals surface area contributed by atoms with Gasteiger partial charge in [-0.2, -0.15) is 11.8 Å². The lowest BCUT2D eigenvalue weighted by atomic mass is 9.91. The Labute approximate surface area is 143 Å². The van der Waals surface area contributed by atoms with E-state index in [1.54, 1.807) is 0 Å². The molecular formula is C19H28O3S. The van der Waals surface area contributed by atoms with Gasteiger partial charge in [0, 0.05) is 6.42 Å². The van der Waals surface area contributed by atoms with Gasteiger partial charge in [0.1, 0.15) is 0 Å². The lowest BCUT2D eigenvalue weighted by Crippen LogP contribution is -2.18. The summed E-state index contributed by atoms with van der Waals surface area (Å²) in [6.45, 7) is 1.58. The minimum atomic E-state index is -0.673. The molecule has 0 unspecified atom stereocenters. The largest absolute Gasteiger partial charge is 0.481 e. The van der Waals surface area contributed by atoms with Crippen LogP contribution in [0.3, 0.4) is 0 Å². The molecule has 0 spiro atoms. The number of unbranched alkanes of at least 4 members (excludes halogenated alkanes) is 3. The highest BCUT2D eigenvalue weighted by Gasteiger charge is 2.27. The quantitative estimate of drug-likeness (QED) is 0.600. The zero-order valence-corrected chi connectivity index (χ0v) is 14.6. The first-order chi connectivity index (χ1) is 11.3. The van der Waals surface area contributed by atoms with Gasteiger partial charge in [0.2, 0.25) is 0 Å². The fraction of sp³-hybridized carbons (Fsp3) is 0.632. The number of benzene rings is 1. The third kappa shape index (κ3) is 7.40. The van der Waals surface area contributed by atoms with E-state index >= 15 is 0 Å². The molecule has 1 fully saturated rings. The van der Waals surface area contributed by atoms with Gasteiger partial charge in [0.05, 0.1) is 13.2 Å². The van der Waals surface area contributed by atoms with E-state index in [0.29, 0.717) is 18.9 Å². The Morgan fingerprint density at radius 1 is 1.09 bits per heavy atom. The molecule has 1 heterocycles. The van der Waals surface area contributed by atoms with E-state index in [4.69, 9.17) is 9.84 Å². The Morgan fingerprint density at radius 2 is 1.83 bits per heavy atom. The first-order valence-corrected chi connectivity index (χ1v) is 9.82. The highest BCUT2D eigenvalue weighted by Crippen LogP contribution is 2.34. The molecule has 23 heavy (non-hydrogen) atoms. The second-order valence-electron chi connectivity index (χ2n) is 6.40. The molecule has 1 saturated heterocycles. The number of carboxylic acid groups (broad SMARTS) is 1. The number of hydrogen-bond donors (Lipinski definition) is 1. The number of hydrogen-bond acceptors (Lipinski definition) is 3. The summed E-state index contributed by atoms with van der Waals surface area (Å²) in [6.07, 6.45) is 5.82. The number of rotatable bonds is 11. The number of ether oxygens (including phenoxy) is 1. The number of aliphatic carboxylic acids is 1. The van der Waals surface area contributed by atoms with E-state index in [1.807, 2.05) is 6.07 Å². The van der Waals surface area contributed by atoms with E-state index in [2.05, 4.69) is 36.0 Å². The molecule has 0 saturated carbocycles. The average Bonchev–Trinajstić information content (AvgIpc) is 2.99. The summed E-state index contributed by atoms with van der Waals surface area (Å²) in [5.41, 5.74) is 1.24. The molecule has 3 nitrogen and oxygen atoms in total. The first kappa shape index (κ1) is 18.3. The van der Waals surface area contributed by atoms with Gasteiger partial charge in [0.25, 0.3) is 0 Å². The fourth-order valence-electron chi connectivity index (χ4n) is 3.08. The molecule has 0 bridgehead atoms. The number of carbonyl (C=O) groups is 1. The average molecular weight is 336 g/mol. The highest BCUT2D eigenvalue weighted by atomic mass is 32.2. The Balaban J connectivity index is 1.56. The Hall–Kier alpha value is -1.00. The zero-order chi connectivity index (χ0) is 16.3. The molecule has 1 aromatic rings. The molecule has 1 N–H and O–H groups in total. The fourth-order valence-corrected chi connectivity index (χ4v) is 4.63. The third-order valence-corrected chi connectivity index (χ3v) is 5.82. The first-order valence-electron chi connectivity index (χ1n) is 8.67. The number of carboxylic acids is 1. The maximum Gasteiger partial charge on any atom is 0.303 e. The van der Waals surface area contributed by atoms with Gasteiger partial charge in [-0.15, -0.1) is 0 Å². The zero-order valence-electron chi connectivity index (χ0n) is 13.8. The predicted octanol–water partition coefficient (Wildman–Crippen LogP) is 4.61. The van der Waals surface area contributed by atoms with Crippen molar-refractivity contribution in [1.82, 2.24) is 0 Å². The van der Waals surface area contributed by atoms with Crippen molar-refractivity contribution in [1.29, 1.82) is 0 Å². The van der Waals surface area contributed by atoms with E-state index in [-0.39, 0.29) is 0 Å². The van der Waals surface area contributed by atoms with Gasteiger partial charge in [-0.3, -0.25) is 4.79 Å². The summed E-state index contributed by atoms with van der Waals surface area (Å²) < 4.78 is 5.93. The molecule has 128 valence electrons. The van der Waals surface area contributed by atoms with Crippen LogP contribution < -0.4 is 0 Å². The summed E-state index contributed by atoms with van der Waals surface area (Å²) in [7, 11) is 0. The van der Waals surface area contributed by atoms with Crippen molar-refractivity contribution in [2.24, 2.45) is 11.8 Å². The summed E-state index contributed by atoms with van der Waals surface area (Å²) >= 11 is 2.05. The van der Waals surface area contributed by atoms with Crippen LogP contribution in [-0.4, -0.2) is 29.2 Å². The molecule has 2 atom stereocenters. The van der Waals surface area contributed by atoms with Crippen LogP contribution in [0.25, 0.3) is 0 Å². The minimum Gasteiger partial charge on any atom is -0.481 e. The smallest absolute Gasteiger partial charge is 0.303 e. The normalized spacial score (nSPS) is 20.7. The second kappa shape index (κ2) is 10.7. The van der Waals surface area contributed by atoms with Crippen LogP contribution >= 0.6 is 11.8 Å². The maximum absolute atomic E-state index is 10.5. The summed E-state index contributed by atoms with van der Waals surface area (Å²) in [5.74, 6) is 3.26. The van der Waals surface area contributed by atoms with E-state index in [1.165, 1.54) is 29.9 Å². The third-order valence-electron chi connectivity index (χ3n) is 4.49. The molecule has 2 rings (SSSR count). The number of thioether (sulfide) groups is 1. The van der Waals surface area contributed by atoms with Crippen molar-refractivity contribution < 1.29 is 14.6 Å². The Kier molecular flexibility index (Phi) is 8.54. The van der Waals surface area contributed by atoms with Crippen molar-refractivity contribution in [2.45, 2.75) is 45.1 Å². The van der Waals surface area contributed by atoms with Gasteiger partial charge in [-0.1, -0.05) is 49.6 Å².